The zero-order valence-electron chi connectivity index (χ0n) is 8.61. The third kappa shape index (κ3) is 2.45. The Labute approximate surface area is 84.8 Å². The SMILES string of the molecule is Cn1cc(/C=C/C2CCCCN2)cn1. The summed E-state index contributed by atoms with van der Waals surface area (Å²) in [5.74, 6) is 0. The smallest absolute Gasteiger partial charge is 0.0562 e. The highest BCUT2D eigenvalue weighted by atomic mass is 15.2. The van der Waals surface area contributed by atoms with Crippen molar-refractivity contribution >= 4 is 6.08 Å². The summed E-state index contributed by atoms with van der Waals surface area (Å²) in [5, 5.41) is 7.61. The Bertz CT molecular complexity index is 308. The second-order valence-corrected chi connectivity index (χ2v) is 3.86. The molecule has 1 atom stereocenters. The number of nitrogens with zero attached hydrogens (tertiary/aromatic N) is 2. The average Bonchev–Trinajstić information content (AvgIpc) is 2.63. The Balaban J connectivity index is 1.92. The van der Waals surface area contributed by atoms with Crippen molar-refractivity contribution in [3.05, 3.63) is 24.0 Å². The first-order valence-electron chi connectivity index (χ1n) is 5.25. The zero-order valence-corrected chi connectivity index (χ0v) is 8.61. The predicted octanol–water partition coefficient (Wildman–Crippen LogP) is 1.58. The maximum absolute atomic E-state index is 4.13. The lowest BCUT2D eigenvalue weighted by Crippen LogP contribution is -2.31. The largest absolute Gasteiger partial charge is 0.311 e. The third-order valence-corrected chi connectivity index (χ3v) is 2.59. The van der Waals surface area contributed by atoms with Crippen molar-refractivity contribution in [1.82, 2.24) is 15.1 Å². The van der Waals surface area contributed by atoms with E-state index in [4.69, 9.17) is 0 Å². The van der Waals surface area contributed by atoms with E-state index in [2.05, 4.69) is 22.6 Å². The Morgan fingerprint density at radius 3 is 3.14 bits per heavy atom. The topological polar surface area (TPSA) is 29.9 Å². The van der Waals surface area contributed by atoms with Crippen LogP contribution in [0.4, 0.5) is 0 Å². The molecule has 0 radical (unpaired) electrons. The van der Waals surface area contributed by atoms with Gasteiger partial charge in [-0.2, -0.15) is 5.10 Å². The minimum Gasteiger partial charge on any atom is -0.311 e. The van der Waals surface area contributed by atoms with Crippen LogP contribution in [0.3, 0.4) is 0 Å². The fourth-order valence-corrected chi connectivity index (χ4v) is 1.80. The van der Waals surface area contributed by atoms with Crippen LogP contribution in [0.25, 0.3) is 6.08 Å². The highest BCUT2D eigenvalue weighted by molar-refractivity contribution is 5.47. The summed E-state index contributed by atoms with van der Waals surface area (Å²) in [7, 11) is 1.94. The number of hydrogen-bond donors (Lipinski definition) is 1. The molecule has 2 heterocycles. The number of rotatable bonds is 2. The molecule has 0 aliphatic carbocycles. The highest BCUT2D eigenvalue weighted by Crippen LogP contribution is 2.09. The summed E-state index contributed by atoms with van der Waals surface area (Å²) in [6.45, 7) is 1.15. The molecule has 3 nitrogen and oxygen atoms in total. The molecule has 1 unspecified atom stereocenters. The second kappa shape index (κ2) is 4.42. The molecule has 0 spiro atoms. The van der Waals surface area contributed by atoms with E-state index in [0.717, 1.165) is 6.54 Å². The third-order valence-electron chi connectivity index (χ3n) is 2.59. The maximum atomic E-state index is 4.13. The summed E-state index contributed by atoms with van der Waals surface area (Å²) in [6.07, 6.45) is 12.2. The van der Waals surface area contributed by atoms with Gasteiger partial charge in [-0.1, -0.05) is 18.6 Å². The van der Waals surface area contributed by atoms with Gasteiger partial charge in [0, 0.05) is 24.8 Å². The van der Waals surface area contributed by atoms with Gasteiger partial charge in [0.25, 0.3) is 0 Å². The van der Waals surface area contributed by atoms with Gasteiger partial charge in [-0.25, -0.2) is 0 Å². The van der Waals surface area contributed by atoms with Crippen LogP contribution in [0.1, 0.15) is 24.8 Å². The Morgan fingerprint density at radius 1 is 1.57 bits per heavy atom. The van der Waals surface area contributed by atoms with Gasteiger partial charge in [0.1, 0.15) is 0 Å². The van der Waals surface area contributed by atoms with Gasteiger partial charge in [0.2, 0.25) is 0 Å². The van der Waals surface area contributed by atoms with Crippen molar-refractivity contribution in [3.8, 4) is 0 Å². The molecule has 1 saturated heterocycles. The van der Waals surface area contributed by atoms with E-state index in [-0.39, 0.29) is 0 Å². The van der Waals surface area contributed by atoms with Crippen LogP contribution in [-0.4, -0.2) is 22.4 Å². The standard InChI is InChI=1S/C11H17N3/c1-14-9-10(8-13-14)5-6-11-4-2-3-7-12-11/h5-6,8-9,11-12H,2-4,7H2,1H3/b6-5+. The predicted molar refractivity (Wildman–Crippen MR) is 57.9 cm³/mol. The molecule has 1 aromatic rings. The van der Waals surface area contributed by atoms with Crippen LogP contribution in [0.2, 0.25) is 0 Å². The Kier molecular flexibility index (Phi) is 2.99. The molecule has 2 rings (SSSR count). The first kappa shape index (κ1) is 9.46. The van der Waals surface area contributed by atoms with E-state index in [0.29, 0.717) is 6.04 Å². The summed E-state index contributed by atoms with van der Waals surface area (Å²) in [5.41, 5.74) is 1.18. The van der Waals surface area contributed by atoms with Crippen molar-refractivity contribution in [2.45, 2.75) is 25.3 Å². The minimum absolute atomic E-state index is 0.559. The molecule has 0 bridgehead atoms. The lowest BCUT2D eigenvalue weighted by molar-refractivity contribution is 0.455. The zero-order chi connectivity index (χ0) is 9.80. The fourth-order valence-electron chi connectivity index (χ4n) is 1.80. The van der Waals surface area contributed by atoms with Crippen LogP contribution in [0, 0.1) is 0 Å². The van der Waals surface area contributed by atoms with E-state index in [1.165, 1.54) is 24.8 Å². The molecule has 3 heteroatoms. The number of hydrogen-bond acceptors (Lipinski definition) is 2. The summed E-state index contributed by atoms with van der Waals surface area (Å²) < 4.78 is 1.83. The van der Waals surface area contributed by atoms with Crippen molar-refractivity contribution in [1.29, 1.82) is 0 Å². The number of aromatic nitrogens is 2. The Hall–Kier alpha value is -1.09. The van der Waals surface area contributed by atoms with Gasteiger partial charge in [-0.15, -0.1) is 0 Å². The molecule has 1 aliphatic heterocycles. The van der Waals surface area contributed by atoms with E-state index >= 15 is 0 Å². The molecule has 1 fully saturated rings. The molecule has 1 aromatic heterocycles. The van der Waals surface area contributed by atoms with Crippen LogP contribution in [-0.2, 0) is 7.05 Å². The van der Waals surface area contributed by atoms with Gasteiger partial charge in [-0.3, -0.25) is 4.68 Å². The molecule has 76 valence electrons. The molecule has 0 saturated carbocycles. The Morgan fingerprint density at radius 2 is 2.50 bits per heavy atom. The molecule has 14 heavy (non-hydrogen) atoms. The van der Waals surface area contributed by atoms with E-state index in [9.17, 15) is 0 Å². The highest BCUT2D eigenvalue weighted by Gasteiger charge is 2.08. The molecule has 0 amide bonds. The summed E-state index contributed by atoms with van der Waals surface area (Å²) in [6, 6.07) is 0.559. The lowest BCUT2D eigenvalue weighted by atomic mass is 10.0. The van der Waals surface area contributed by atoms with Gasteiger partial charge in [0.15, 0.2) is 0 Å². The normalized spacial score (nSPS) is 23.1. The molecule has 1 N–H and O–H groups in total. The average molecular weight is 191 g/mol. The first-order chi connectivity index (χ1) is 6.84. The quantitative estimate of drug-likeness (QED) is 0.769. The number of piperidine rings is 1. The fraction of sp³-hybridized carbons (Fsp3) is 0.545. The minimum atomic E-state index is 0.559. The van der Waals surface area contributed by atoms with Crippen LogP contribution in [0.5, 0.6) is 0 Å². The summed E-state index contributed by atoms with van der Waals surface area (Å²) in [4.78, 5) is 0. The van der Waals surface area contributed by atoms with Crippen molar-refractivity contribution in [2.24, 2.45) is 7.05 Å². The van der Waals surface area contributed by atoms with Gasteiger partial charge < -0.3 is 5.32 Å². The number of aryl methyl sites for hydroxylation is 1. The van der Waals surface area contributed by atoms with E-state index in [1.807, 2.05) is 24.1 Å². The molecule has 1 aliphatic rings. The van der Waals surface area contributed by atoms with Crippen LogP contribution in [0.15, 0.2) is 18.5 Å². The monoisotopic (exact) mass is 191 g/mol. The van der Waals surface area contributed by atoms with Crippen molar-refractivity contribution < 1.29 is 0 Å². The van der Waals surface area contributed by atoms with Crippen molar-refractivity contribution in [2.75, 3.05) is 6.54 Å². The van der Waals surface area contributed by atoms with Gasteiger partial charge in [0.05, 0.1) is 6.20 Å². The van der Waals surface area contributed by atoms with Gasteiger partial charge >= 0.3 is 0 Å². The first-order valence-corrected chi connectivity index (χ1v) is 5.25. The molecule has 0 aromatic carbocycles. The molecular weight excluding hydrogens is 174 g/mol. The maximum Gasteiger partial charge on any atom is 0.0562 e. The lowest BCUT2D eigenvalue weighted by Gasteiger charge is -2.19. The van der Waals surface area contributed by atoms with E-state index in [1.54, 1.807) is 0 Å². The van der Waals surface area contributed by atoms with E-state index < -0.39 is 0 Å². The van der Waals surface area contributed by atoms with Crippen LogP contribution >= 0.6 is 0 Å². The second-order valence-electron chi connectivity index (χ2n) is 3.86. The van der Waals surface area contributed by atoms with Crippen molar-refractivity contribution in [3.63, 3.8) is 0 Å². The van der Waals surface area contributed by atoms with Gasteiger partial charge in [-0.05, 0) is 19.4 Å². The summed E-state index contributed by atoms with van der Waals surface area (Å²) >= 11 is 0. The molecular formula is C11H17N3. The van der Waals surface area contributed by atoms with Crippen LogP contribution < -0.4 is 5.32 Å². The number of nitrogens with one attached hydrogen (secondary N) is 1.